The summed E-state index contributed by atoms with van der Waals surface area (Å²) < 4.78 is 17.8. The number of likely N-dealkylation sites (tertiary alicyclic amines) is 2. The molecule has 0 aliphatic carbocycles. The van der Waals surface area contributed by atoms with Gasteiger partial charge < -0.3 is 24.4 Å². The lowest BCUT2D eigenvalue weighted by atomic mass is 9.72. The Morgan fingerprint density at radius 3 is 1.74 bits per heavy atom. The van der Waals surface area contributed by atoms with Crippen molar-refractivity contribution in [3.05, 3.63) is 29.8 Å². The molecule has 400 valence electrons. The van der Waals surface area contributed by atoms with Crippen LogP contribution >= 0.6 is 0 Å². The summed E-state index contributed by atoms with van der Waals surface area (Å²) in [6.45, 7) is 38.8. The smallest absolute Gasteiger partial charge is 0.409 e. The second kappa shape index (κ2) is 24.6. The fourth-order valence-electron chi connectivity index (χ4n) is 10.6. The highest BCUT2D eigenvalue weighted by atomic mass is 16.6. The Bertz CT molecular complexity index is 1890. The average molecular weight is 981 g/mol. The summed E-state index contributed by atoms with van der Waals surface area (Å²) in [4.78, 5) is 71.6. The number of Topliss-reactive ketones (excluding diaryl/α,β-unsaturated/α-hetero) is 3. The van der Waals surface area contributed by atoms with E-state index in [2.05, 4.69) is 77.8 Å². The lowest BCUT2D eigenvalue weighted by molar-refractivity contribution is -0.135. The number of carbonyl (C=O) groups is 5. The number of esters is 1. The summed E-state index contributed by atoms with van der Waals surface area (Å²) in [7, 11) is 0. The van der Waals surface area contributed by atoms with Gasteiger partial charge in [0.2, 0.25) is 0 Å². The first-order chi connectivity index (χ1) is 32.0. The molecule has 1 aromatic carbocycles. The van der Waals surface area contributed by atoms with Crippen LogP contribution in [0.4, 0.5) is 4.79 Å². The van der Waals surface area contributed by atoms with Gasteiger partial charge in [-0.25, -0.2) is 9.59 Å². The number of nitrogens with one attached hydrogen (secondary N) is 2. The molecule has 3 rings (SSSR count). The molecule has 0 aromatic heterocycles. The molecule has 70 heavy (non-hydrogen) atoms. The third-order valence-electron chi connectivity index (χ3n) is 13.5. The molecule has 1 amide bonds. The highest BCUT2D eigenvalue weighted by molar-refractivity contribution is 5.94. The zero-order valence-electron chi connectivity index (χ0n) is 47.6. The van der Waals surface area contributed by atoms with Crippen LogP contribution in [-0.4, -0.2) is 112 Å². The van der Waals surface area contributed by atoms with E-state index in [-0.39, 0.29) is 52.2 Å². The summed E-state index contributed by atoms with van der Waals surface area (Å²) in [6, 6.07) is 6.85. The van der Waals surface area contributed by atoms with Crippen molar-refractivity contribution in [1.82, 2.24) is 20.4 Å². The maximum atomic E-state index is 14.4. The number of ketones is 3. The summed E-state index contributed by atoms with van der Waals surface area (Å²) in [5, 5.41) is 7.39. The first-order valence-corrected chi connectivity index (χ1v) is 26.8. The van der Waals surface area contributed by atoms with Crippen LogP contribution in [0.3, 0.4) is 0 Å². The second-order valence-corrected chi connectivity index (χ2v) is 27.0. The molecule has 0 spiro atoms. The van der Waals surface area contributed by atoms with E-state index in [4.69, 9.17) is 14.2 Å². The number of hydrogen-bond donors (Lipinski definition) is 2. The van der Waals surface area contributed by atoms with E-state index < -0.39 is 33.3 Å². The SMILES string of the molecule is CC(C)(C)NC(CCCCCCCCOC(=O)N1CC[C@@](NC(C)(C)C)(C(=O)C(C)(C)C)C1)(CCCCCCOc1cccc(C(=O)O[C@H]2C[C@H](C(=O)C(C)(C)C)N(C(C)(C)C)C2)c1)C(=O)C(C)(C)C. The van der Waals surface area contributed by atoms with Crippen LogP contribution in [0.15, 0.2) is 24.3 Å². The third-order valence-corrected chi connectivity index (χ3v) is 13.5. The van der Waals surface area contributed by atoms with Crippen molar-refractivity contribution in [2.75, 3.05) is 32.8 Å². The van der Waals surface area contributed by atoms with Gasteiger partial charge in [-0.3, -0.25) is 24.6 Å². The number of nitrogens with zero attached hydrogens (tertiary/aromatic N) is 2. The Labute approximate surface area is 425 Å². The number of benzene rings is 1. The van der Waals surface area contributed by atoms with E-state index in [9.17, 15) is 24.0 Å². The molecule has 0 bridgehead atoms. The van der Waals surface area contributed by atoms with Crippen LogP contribution in [-0.2, 0) is 23.9 Å². The number of ether oxygens (including phenoxy) is 3. The van der Waals surface area contributed by atoms with Crippen LogP contribution < -0.4 is 15.4 Å². The molecule has 0 radical (unpaired) electrons. The first kappa shape index (κ1) is 61.0. The van der Waals surface area contributed by atoms with Crippen LogP contribution in [0.2, 0.25) is 0 Å². The largest absolute Gasteiger partial charge is 0.494 e. The van der Waals surface area contributed by atoms with Gasteiger partial charge in [-0.15, -0.1) is 0 Å². The van der Waals surface area contributed by atoms with E-state index in [1.165, 1.54) is 0 Å². The first-order valence-electron chi connectivity index (χ1n) is 26.8. The van der Waals surface area contributed by atoms with Gasteiger partial charge in [-0.05, 0) is 113 Å². The molecule has 1 aromatic rings. The minimum Gasteiger partial charge on any atom is -0.494 e. The molecule has 1 unspecified atom stereocenters. The highest BCUT2D eigenvalue weighted by Crippen LogP contribution is 2.37. The zero-order valence-corrected chi connectivity index (χ0v) is 47.6. The topological polar surface area (TPSA) is 144 Å². The number of carbonyl (C=O) groups excluding carboxylic acids is 5. The molecule has 2 aliphatic heterocycles. The molecular weight excluding hydrogens is 881 g/mol. The van der Waals surface area contributed by atoms with Gasteiger partial charge in [0.1, 0.15) is 11.9 Å². The summed E-state index contributed by atoms with van der Waals surface area (Å²) in [5.74, 6) is 0.766. The Hall–Kier alpha value is -3.35. The normalized spacial score (nSPS) is 20.6. The van der Waals surface area contributed by atoms with Gasteiger partial charge in [0.15, 0.2) is 17.3 Å². The lowest BCUT2D eigenvalue weighted by Crippen LogP contribution is -2.63. The van der Waals surface area contributed by atoms with Crippen LogP contribution in [0.5, 0.6) is 5.75 Å². The molecule has 0 saturated carbocycles. The summed E-state index contributed by atoms with van der Waals surface area (Å²) in [5.41, 5.74) is -3.26. The predicted octanol–water partition coefficient (Wildman–Crippen LogP) is 12.1. The van der Waals surface area contributed by atoms with Gasteiger partial charge in [-0.1, -0.05) is 120 Å². The number of amides is 1. The fourth-order valence-corrected chi connectivity index (χ4v) is 10.6. The molecule has 12 nitrogen and oxygen atoms in total. The van der Waals surface area contributed by atoms with Gasteiger partial charge in [0.05, 0.1) is 35.9 Å². The fraction of sp³-hybridized carbons (Fsp3) is 0.810. The quantitative estimate of drug-likeness (QED) is 0.0754. The lowest BCUT2D eigenvalue weighted by Gasteiger charge is -2.43. The molecule has 4 atom stereocenters. The number of hydrogen-bond acceptors (Lipinski definition) is 11. The summed E-state index contributed by atoms with van der Waals surface area (Å²) in [6.07, 6.45) is 11.4. The van der Waals surface area contributed by atoms with Gasteiger partial charge in [-0.2, -0.15) is 0 Å². The minimum atomic E-state index is -0.784. The summed E-state index contributed by atoms with van der Waals surface area (Å²) >= 11 is 0. The van der Waals surface area contributed by atoms with Gasteiger partial charge in [0.25, 0.3) is 0 Å². The van der Waals surface area contributed by atoms with E-state index in [0.717, 1.165) is 77.0 Å². The molecule has 2 N–H and O–H groups in total. The maximum absolute atomic E-state index is 14.4. The van der Waals surface area contributed by atoms with E-state index in [1.807, 2.05) is 74.4 Å². The molecular formula is C58H100N4O8. The zero-order chi connectivity index (χ0) is 53.1. The van der Waals surface area contributed by atoms with Crippen LogP contribution in [0.25, 0.3) is 0 Å². The minimum absolute atomic E-state index is 0.124. The van der Waals surface area contributed by atoms with Gasteiger partial charge in [0, 0.05) is 58.9 Å². The van der Waals surface area contributed by atoms with Crippen molar-refractivity contribution < 1.29 is 38.2 Å². The Morgan fingerprint density at radius 2 is 1.23 bits per heavy atom. The van der Waals surface area contributed by atoms with Crippen molar-refractivity contribution in [2.24, 2.45) is 16.2 Å². The monoisotopic (exact) mass is 981 g/mol. The van der Waals surface area contributed by atoms with Crippen LogP contribution in [0, 0.1) is 16.2 Å². The molecule has 2 fully saturated rings. The predicted molar refractivity (Wildman–Crippen MR) is 284 cm³/mol. The highest BCUT2D eigenvalue weighted by Gasteiger charge is 2.51. The van der Waals surface area contributed by atoms with Crippen LogP contribution in [0.1, 0.15) is 225 Å². The third kappa shape index (κ3) is 18.9. The number of unbranched alkanes of at least 4 members (excludes halogenated alkanes) is 8. The second-order valence-electron chi connectivity index (χ2n) is 27.0. The van der Waals surface area contributed by atoms with Crippen molar-refractivity contribution in [1.29, 1.82) is 0 Å². The van der Waals surface area contributed by atoms with E-state index in [1.54, 1.807) is 17.0 Å². The van der Waals surface area contributed by atoms with E-state index >= 15 is 0 Å². The average Bonchev–Trinajstić information content (AvgIpc) is 3.85. The number of rotatable bonds is 24. The van der Waals surface area contributed by atoms with Crippen molar-refractivity contribution in [3.63, 3.8) is 0 Å². The van der Waals surface area contributed by atoms with Crippen molar-refractivity contribution in [2.45, 2.75) is 254 Å². The maximum Gasteiger partial charge on any atom is 0.409 e. The molecule has 2 heterocycles. The Morgan fingerprint density at radius 1 is 0.671 bits per heavy atom. The van der Waals surface area contributed by atoms with Gasteiger partial charge >= 0.3 is 12.1 Å². The van der Waals surface area contributed by atoms with Crippen molar-refractivity contribution >= 4 is 29.4 Å². The van der Waals surface area contributed by atoms with Crippen molar-refractivity contribution in [3.8, 4) is 5.75 Å². The Kier molecular flexibility index (Phi) is 21.4. The Balaban J connectivity index is 1.45. The molecule has 2 saturated heterocycles. The van der Waals surface area contributed by atoms with E-state index in [0.29, 0.717) is 57.0 Å². The molecule has 12 heteroatoms. The molecule has 2 aliphatic rings. The standard InChI is InChI=1S/C58H100N4O8/c1-51(2,3)46(63)45-39-44(40-62(45)56(16,17)18)70-47(64)42-30-29-31-43(38-42)68-36-27-24-22-26-33-57(59-54(10,11)12,48(65)52(4,5)6)32-25-21-19-20-23-28-37-69-50(67)61-35-34-58(41-61,60-55(13,14)15)49(66)53(7,8)9/h29-31,38,44-45,59-60H,19-28,32-37,39-41H2,1-18H3/t44-,45+,57?,58-/m0/s1.